The van der Waals surface area contributed by atoms with Gasteiger partial charge in [-0.25, -0.2) is 0 Å². The zero-order valence-electron chi connectivity index (χ0n) is 14.0. The van der Waals surface area contributed by atoms with Crippen LogP contribution >= 0.6 is 35.0 Å². The molecule has 4 rings (SSSR count). The second-order valence-corrected chi connectivity index (χ2v) is 8.13. The molecule has 2 heterocycles. The number of amides is 3. The van der Waals surface area contributed by atoms with E-state index in [9.17, 15) is 14.4 Å². The van der Waals surface area contributed by atoms with Crippen LogP contribution in [0.1, 0.15) is 10.4 Å². The van der Waals surface area contributed by atoms with Crippen LogP contribution in [-0.2, 0) is 4.79 Å². The first-order valence-electron chi connectivity index (χ1n) is 8.27. The normalized spacial score (nSPS) is 17.4. The van der Waals surface area contributed by atoms with E-state index in [-0.39, 0.29) is 28.8 Å². The van der Waals surface area contributed by atoms with Crippen LogP contribution < -0.4 is 0 Å². The molecule has 138 valence electrons. The maximum Gasteiger partial charge on any atom is 0.289 e. The quantitative estimate of drug-likeness (QED) is 0.746. The van der Waals surface area contributed by atoms with E-state index in [1.54, 1.807) is 29.2 Å². The summed E-state index contributed by atoms with van der Waals surface area (Å²) in [6.07, 6.45) is 0. The molecule has 27 heavy (non-hydrogen) atoms. The van der Waals surface area contributed by atoms with Gasteiger partial charge in [-0.2, -0.15) is 0 Å². The van der Waals surface area contributed by atoms with Crippen LogP contribution in [0.25, 0.3) is 11.1 Å². The van der Waals surface area contributed by atoms with Crippen molar-refractivity contribution in [3.63, 3.8) is 0 Å². The molecule has 0 N–H and O–H groups in total. The summed E-state index contributed by atoms with van der Waals surface area (Å²) >= 11 is 13.0. The number of carbonyl (C=O) groups excluding carboxylic acids is 3. The SMILES string of the molecule is O=C(c1ccc(-c2ccc(Cl)c(Cl)c2)cc1)N1CC(N2C(=O)CSC2=O)C1. The van der Waals surface area contributed by atoms with Crippen LogP contribution in [0.15, 0.2) is 42.5 Å². The van der Waals surface area contributed by atoms with E-state index in [1.807, 2.05) is 18.2 Å². The summed E-state index contributed by atoms with van der Waals surface area (Å²) in [5.74, 6) is -0.0915. The number of hydrogen-bond acceptors (Lipinski definition) is 4. The minimum atomic E-state index is -0.219. The number of benzene rings is 2. The number of likely N-dealkylation sites (tertiary alicyclic amines) is 1. The molecule has 8 heteroatoms. The van der Waals surface area contributed by atoms with Gasteiger partial charge in [-0.1, -0.05) is 53.2 Å². The highest BCUT2D eigenvalue weighted by Crippen LogP contribution is 2.30. The van der Waals surface area contributed by atoms with Crippen LogP contribution in [0.3, 0.4) is 0 Å². The molecular weight excluding hydrogens is 407 g/mol. The summed E-state index contributed by atoms with van der Waals surface area (Å²) in [6.45, 7) is 0.761. The van der Waals surface area contributed by atoms with E-state index in [0.717, 1.165) is 22.9 Å². The predicted octanol–water partition coefficient (Wildman–Crippen LogP) is 4.18. The highest BCUT2D eigenvalue weighted by atomic mass is 35.5. The van der Waals surface area contributed by atoms with Gasteiger partial charge in [0.25, 0.3) is 11.1 Å². The molecule has 0 aromatic heterocycles. The Morgan fingerprint density at radius 3 is 2.22 bits per heavy atom. The first kappa shape index (κ1) is 18.3. The standard InChI is InChI=1S/C19H14Cl2N2O3S/c20-15-6-5-13(7-16(15)21)11-1-3-12(4-2-11)18(25)22-8-14(9-22)23-17(24)10-27-19(23)26/h1-7,14H,8-10H2. The van der Waals surface area contributed by atoms with Gasteiger partial charge in [-0.15, -0.1) is 0 Å². The van der Waals surface area contributed by atoms with E-state index in [2.05, 4.69) is 0 Å². The summed E-state index contributed by atoms with van der Waals surface area (Å²) in [7, 11) is 0. The van der Waals surface area contributed by atoms with Crippen molar-refractivity contribution in [1.82, 2.24) is 9.80 Å². The second kappa shape index (κ2) is 7.19. The van der Waals surface area contributed by atoms with Crippen molar-refractivity contribution >= 4 is 52.0 Å². The lowest BCUT2D eigenvalue weighted by atomic mass is 10.0. The minimum Gasteiger partial charge on any atom is -0.334 e. The molecule has 2 saturated heterocycles. The fourth-order valence-corrected chi connectivity index (χ4v) is 4.24. The van der Waals surface area contributed by atoms with E-state index >= 15 is 0 Å². The van der Waals surface area contributed by atoms with E-state index in [4.69, 9.17) is 23.2 Å². The number of thioether (sulfide) groups is 1. The molecule has 2 fully saturated rings. The number of carbonyl (C=O) groups is 3. The third-order valence-corrected chi connectivity index (χ3v) is 6.26. The first-order chi connectivity index (χ1) is 12.9. The summed E-state index contributed by atoms with van der Waals surface area (Å²) in [6, 6.07) is 12.4. The maximum absolute atomic E-state index is 12.6. The predicted molar refractivity (Wildman–Crippen MR) is 106 cm³/mol. The third-order valence-electron chi connectivity index (χ3n) is 4.68. The Balaban J connectivity index is 1.42. The summed E-state index contributed by atoms with van der Waals surface area (Å²) in [5.41, 5.74) is 2.40. The molecular formula is C19H14Cl2N2O3S. The lowest BCUT2D eigenvalue weighted by molar-refractivity contribution is -0.128. The van der Waals surface area contributed by atoms with Crippen molar-refractivity contribution in [3.8, 4) is 11.1 Å². The molecule has 0 saturated carbocycles. The summed E-state index contributed by atoms with van der Waals surface area (Å²) < 4.78 is 0. The van der Waals surface area contributed by atoms with Crippen LogP contribution in [0, 0.1) is 0 Å². The molecule has 3 amide bonds. The largest absolute Gasteiger partial charge is 0.334 e. The summed E-state index contributed by atoms with van der Waals surface area (Å²) in [4.78, 5) is 39.0. The van der Waals surface area contributed by atoms with Gasteiger partial charge in [0.15, 0.2) is 0 Å². The molecule has 5 nitrogen and oxygen atoms in total. The Bertz CT molecular complexity index is 926. The Morgan fingerprint density at radius 2 is 1.63 bits per heavy atom. The first-order valence-corrected chi connectivity index (χ1v) is 10.0. The fraction of sp³-hybridized carbons (Fsp3) is 0.211. The minimum absolute atomic E-state index is 0.112. The monoisotopic (exact) mass is 420 g/mol. The zero-order chi connectivity index (χ0) is 19.1. The number of imide groups is 1. The van der Waals surface area contributed by atoms with Gasteiger partial charge in [-0.3, -0.25) is 19.3 Å². The van der Waals surface area contributed by atoms with Gasteiger partial charge in [0.2, 0.25) is 5.91 Å². The highest BCUT2D eigenvalue weighted by molar-refractivity contribution is 8.14. The van der Waals surface area contributed by atoms with Gasteiger partial charge in [0.05, 0.1) is 21.8 Å². The number of halogens is 2. The van der Waals surface area contributed by atoms with E-state index < -0.39 is 0 Å². The Morgan fingerprint density at radius 1 is 0.963 bits per heavy atom. The zero-order valence-corrected chi connectivity index (χ0v) is 16.4. The van der Waals surface area contributed by atoms with Crippen molar-refractivity contribution in [2.45, 2.75) is 6.04 Å². The van der Waals surface area contributed by atoms with E-state index in [0.29, 0.717) is 28.7 Å². The van der Waals surface area contributed by atoms with Gasteiger partial charge >= 0.3 is 0 Å². The molecule has 0 atom stereocenters. The topological polar surface area (TPSA) is 57.7 Å². The van der Waals surface area contributed by atoms with Crippen molar-refractivity contribution in [1.29, 1.82) is 0 Å². The van der Waals surface area contributed by atoms with E-state index in [1.165, 1.54) is 4.90 Å². The number of rotatable bonds is 3. The van der Waals surface area contributed by atoms with Crippen LogP contribution in [-0.4, -0.2) is 51.7 Å². The maximum atomic E-state index is 12.6. The van der Waals surface area contributed by atoms with Crippen LogP contribution in [0.5, 0.6) is 0 Å². The van der Waals surface area contributed by atoms with Crippen molar-refractivity contribution in [2.24, 2.45) is 0 Å². The third kappa shape index (κ3) is 3.45. The van der Waals surface area contributed by atoms with Gasteiger partial charge < -0.3 is 4.90 Å². The van der Waals surface area contributed by atoms with Gasteiger partial charge in [0, 0.05) is 18.7 Å². The molecule has 0 spiro atoms. The lowest BCUT2D eigenvalue weighted by Crippen LogP contribution is -2.62. The molecule has 2 aromatic carbocycles. The smallest absolute Gasteiger partial charge is 0.289 e. The second-order valence-electron chi connectivity index (χ2n) is 6.39. The van der Waals surface area contributed by atoms with Crippen molar-refractivity contribution in [3.05, 3.63) is 58.1 Å². The fourth-order valence-electron chi connectivity index (χ4n) is 3.17. The molecule has 2 aromatic rings. The van der Waals surface area contributed by atoms with Crippen molar-refractivity contribution in [2.75, 3.05) is 18.8 Å². The number of hydrogen-bond donors (Lipinski definition) is 0. The molecule has 2 aliphatic rings. The highest BCUT2D eigenvalue weighted by Gasteiger charge is 2.43. The Hall–Kier alpha value is -2.02. The molecule has 0 aliphatic carbocycles. The molecule has 0 radical (unpaired) electrons. The molecule has 0 bridgehead atoms. The molecule has 0 unspecified atom stereocenters. The Labute approximate surface area is 170 Å². The molecule has 2 aliphatic heterocycles. The lowest BCUT2D eigenvalue weighted by Gasteiger charge is -2.42. The van der Waals surface area contributed by atoms with Crippen LogP contribution in [0.2, 0.25) is 10.0 Å². The average Bonchev–Trinajstić information content (AvgIpc) is 2.95. The average molecular weight is 421 g/mol. The Kier molecular flexibility index (Phi) is 4.88. The summed E-state index contributed by atoms with van der Waals surface area (Å²) in [5, 5.41) is 0.751. The van der Waals surface area contributed by atoms with Crippen molar-refractivity contribution < 1.29 is 14.4 Å². The van der Waals surface area contributed by atoms with Gasteiger partial charge in [0.1, 0.15) is 0 Å². The van der Waals surface area contributed by atoms with Crippen LogP contribution in [0.4, 0.5) is 4.79 Å². The number of nitrogens with zero attached hydrogens (tertiary/aromatic N) is 2. The van der Waals surface area contributed by atoms with Gasteiger partial charge in [-0.05, 0) is 35.4 Å².